The van der Waals surface area contributed by atoms with Gasteiger partial charge < -0.3 is 19.4 Å². The maximum Gasteiger partial charge on any atom is 0.258 e. The van der Waals surface area contributed by atoms with Gasteiger partial charge in [0.1, 0.15) is 12.6 Å². The molecular formula is C19H20N3O3+. The van der Waals surface area contributed by atoms with Crippen LogP contribution in [0.25, 0.3) is 10.9 Å². The van der Waals surface area contributed by atoms with Crippen LogP contribution in [0.15, 0.2) is 47.3 Å². The number of hydrogen-bond donors (Lipinski definition) is 2. The number of H-pyrrole nitrogens is 1. The van der Waals surface area contributed by atoms with Gasteiger partial charge in [-0.1, -0.05) is 12.1 Å². The molecule has 0 saturated carbocycles. The molecule has 4 rings (SSSR count). The average Bonchev–Trinajstić information content (AvgIpc) is 3.08. The standard InChI is InChI=1S/C19H19N3O3/c1-12(18-20-15-6-4-3-5-14(15)19(23)21-18)22(2)10-13-7-8-16-17(9-13)25-11-24-16/h3-9,12H,10-11H2,1-2H3,(H,20,21,23)/p+1/t12-/m1/s1. The Kier molecular flexibility index (Phi) is 3.89. The number of fused-ring (bicyclic) bond motifs is 2. The quantitative estimate of drug-likeness (QED) is 0.755. The Morgan fingerprint density at radius 2 is 2.00 bits per heavy atom. The molecule has 25 heavy (non-hydrogen) atoms. The first-order chi connectivity index (χ1) is 12.1. The summed E-state index contributed by atoms with van der Waals surface area (Å²) in [6, 6.07) is 13.4. The minimum Gasteiger partial charge on any atom is -0.454 e. The van der Waals surface area contributed by atoms with E-state index in [0.29, 0.717) is 11.2 Å². The summed E-state index contributed by atoms with van der Waals surface area (Å²) >= 11 is 0. The Hall–Kier alpha value is -2.86. The van der Waals surface area contributed by atoms with E-state index in [-0.39, 0.29) is 18.4 Å². The molecule has 2 heterocycles. The lowest BCUT2D eigenvalue weighted by molar-refractivity contribution is -0.924. The van der Waals surface area contributed by atoms with Crippen molar-refractivity contribution in [1.82, 2.24) is 9.97 Å². The van der Waals surface area contributed by atoms with Gasteiger partial charge in [0.25, 0.3) is 5.56 Å². The second-order valence-electron chi connectivity index (χ2n) is 6.40. The van der Waals surface area contributed by atoms with Crippen LogP contribution < -0.4 is 19.9 Å². The van der Waals surface area contributed by atoms with Gasteiger partial charge in [0, 0.05) is 5.56 Å². The van der Waals surface area contributed by atoms with Gasteiger partial charge in [-0.15, -0.1) is 0 Å². The Labute approximate surface area is 145 Å². The second kappa shape index (κ2) is 6.22. The van der Waals surface area contributed by atoms with Crippen LogP contribution in [0.1, 0.15) is 24.4 Å². The maximum atomic E-state index is 12.3. The van der Waals surface area contributed by atoms with Gasteiger partial charge in [0.05, 0.1) is 18.0 Å². The number of nitrogens with zero attached hydrogens (tertiary/aromatic N) is 1. The van der Waals surface area contributed by atoms with Crippen molar-refractivity contribution >= 4 is 10.9 Å². The topological polar surface area (TPSA) is 68.7 Å². The summed E-state index contributed by atoms with van der Waals surface area (Å²) < 4.78 is 10.8. The molecule has 0 fully saturated rings. The lowest BCUT2D eigenvalue weighted by atomic mass is 10.1. The average molecular weight is 338 g/mol. The highest BCUT2D eigenvalue weighted by atomic mass is 16.7. The van der Waals surface area contributed by atoms with Gasteiger partial charge >= 0.3 is 0 Å². The van der Waals surface area contributed by atoms with Crippen LogP contribution in [0.5, 0.6) is 11.5 Å². The third kappa shape index (κ3) is 2.96. The predicted molar refractivity (Wildman–Crippen MR) is 93.9 cm³/mol. The Morgan fingerprint density at radius 1 is 1.20 bits per heavy atom. The number of para-hydroxylation sites is 1. The van der Waals surface area contributed by atoms with Crippen molar-refractivity contribution in [2.45, 2.75) is 19.5 Å². The largest absolute Gasteiger partial charge is 0.454 e. The highest BCUT2D eigenvalue weighted by Crippen LogP contribution is 2.32. The Morgan fingerprint density at radius 3 is 2.88 bits per heavy atom. The van der Waals surface area contributed by atoms with Gasteiger partial charge in [-0.2, -0.15) is 0 Å². The number of rotatable bonds is 4. The molecule has 2 aromatic carbocycles. The van der Waals surface area contributed by atoms with E-state index in [9.17, 15) is 4.79 Å². The molecule has 1 unspecified atom stereocenters. The molecule has 2 N–H and O–H groups in total. The molecule has 128 valence electrons. The fourth-order valence-electron chi connectivity index (χ4n) is 3.07. The number of ether oxygens (including phenoxy) is 2. The fourth-order valence-corrected chi connectivity index (χ4v) is 3.07. The van der Waals surface area contributed by atoms with Crippen LogP contribution in [0.2, 0.25) is 0 Å². The molecule has 2 atom stereocenters. The first kappa shape index (κ1) is 15.7. The van der Waals surface area contributed by atoms with Crippen LogP contribution in [0, 0.1) is 0 Å². The maximum absolute atomic E-state index is 12.3. The predicted octanol–water partition coefficient (Wildman–Crippen LogP) is 1.43. The molecule has 0 spiro atoms. The molecule has 1 aliphatic heterocycles. The minimum absolute atomic E-state index is 0.0442. The fraction of sp³-hybridized carbons (Fsp3) is 0.263. The van der Waals surface area contributed by atoms with Crippen molar-refractivity contribution in [3.63, 3.8) is 0 Å². The molecule has 6 nitrogen and oxygen atoms in total. The van der Waals surface area contributed by atoms with Crippen molar-refractivity contribution < 1.29 is 14.4 Å². The molecule has 6 heteroatoms. The number of nitrogens with one attached hydrogen (secondary N) is 2. The van der Waals surface area contributed by atoms with Gasteiger partial charge in [-0.25, -0.2) is 4.98 Å². The van der Waals surface area contributed by atoms with Crippen molar-refractivity contribution in [3.05, 3.63) is 64.2 Å². The molecular weight excluding hydrogens is 318 g/mol. The van der Waals surface area contributed by atoms with Crippen LogP contribution in [0.3, 0.4) is 0 Å². The smallest absolute Gasteiger partial charge is 0.258 e. The third-order valence-corrected chi connectivity index (χ3v) is 4.70. The summed E-state index contributed by atoms with van der Waals surface area (Å²) in [4.78, 5) is 21.1. The zero-order valence-corrected chi connectivity index (χ0v) is 14.2. The van der Waals surface area contributed by atoms with Gasteiger partial charge in [0.15, 0.2) is 17.3 Å². The van der Waals surface area contributed by atoms with E-state index in [0.717, 1.165) is 29.1 Å². The van der Waals surface area contributed by atoms with Crippen molar-refractivity contribution in [2.24, 2.45) is 0 Å². The number of aromatic amines is 1. The summed E-state index contributed by atoms with van der Waals surface area (Å²) in [5.41, 5.74) is 1.78. The summed E-state index contributed by atoms with van der Waals surface area (Å²) in [5.74, 6) is 2.27. The van der Waals surface area contributed by atoms with E-state index in [4.69, 9.17) is 9.47 Å². The first-order valence-electron chi connectivity index (χ1n) is 8.31. The van der Waals surface area contributed by atoms with Crippen molar-refractivity contribution in [2.75, 3.05) is 13.8 Å². The number of benzene rings is 2. The van der Waals surface area contributed by atoms with E-state index in [2.05, 4.69) is 23.9 Å². The molecule has 1 aromatic heterocycles. The Balaban J connectivity index is 1.58. The van der Waals surface area contributed by atoms with E-state index in [1.807, 2.05) is 36.4 Å². The van der Waals surface area contributed by atoms with Crippen LogP contribution >= 0.6 is 0 Å². The van der Waals surface area contributed by atoms with Crippen molar-refractivity contribution in [1.29, 1.82) is 0 Å². The normalized spacial score (nSPS) is 15.3. The highest BCUT2D eigenvalue weighted by molar-refractivity contribution is 5.77. The molecule has 0 saturated heterocycles. The van der Waals surface area contributed by atoms with E-state index < -0.39 is 0 Å². The molecule has 0 bridgehead atoms. The molecule has 1 aliphatic rings. The van der Waals surface area contributed by atoms with Gasteiger partial charge in [0.2, 0.25) is 6.79 Å². The van der Waals surface area contributed by atoms with E-state index in [1.54, 1.807) is 6.07 Å². The lowest BCUT2D eigenvalue weighted by Gasteiger charge is -2.21. The molecule has 0 amide bonds. The summed E-state index contributed by atoms with van der Waals surface area (Å²) in [6.45, 7) is 3.13. The molecule has 3 aromatic rings. The second-order valence-corrected chi connectivity index (χ2v) is 6.40. The van der Waals surface area contributed by atoms with Crippen LogP contribution in [0.4, 0.5) is 0 Å². The zero-order valence-electron chi connectivity index (χ0n) is 14.2. The van der Waals surface area contributed by atoms with Gasteiger partial charge in [-0.05, 0) is 37.3 Å². The van der Waals surface area contributed by atoms with Gasteiger partial charge in [-0.3, -0.25) is 4.79 Å². The monoisotopic (exact) mass is 338 g/mol. The number of aromatic nitrogens is 2. The van der Waals surface area contributed by atoms with Crippen molar-refractivity contribution in [3.8, 4) is 11.5 Å². The molecule has 0 aliphatic carbocycles. The lowest BCUT2D eigenvalue weighted by Crippen LogP contribution is -3.07. The van der Waals surface area contributed by atoms with Crippen LogP contribution in [-0.2, 0) is 6.54 Å². The van der Waals surface area contributed by atoms with Crippen LogP contribution in [-0.4, -0.2) is 23.8 Å². The third-order valence-electron chi connectivity index (χ3n) is 4.70. The Bertz CT molecular complexity index is 983. The summed E-state index contributed by atoms with van der Waals surface area (Å²) in [6.07, 6.45) is 0. The summed E-state index contributed by atoms with van der Waals surface area (Å²) in [5, 5.41) is 0.617. The zero-order chi connectivity index (χ0) is 17.4. The highest BCUT2D eigenvalue weighted by Gasteiger charge is 2.21. The number of hydrogen-bond acceptors (Lipinski definition) is 4. The molecule has 0 radical (unpaired) electrons. The minimum atomic E-state index is -0.0941. The van der Waals surface area contributed by atoms with E-state index in [1.165, 1.54) is 4.90 Å². The summed E-state index contributed by atoms with van der Waals surface area (Å²) in [7, 11) is 2.09. The SMILES string of the molecule is C[C@H](c1nc2ccccc2c(=O)[nH]1)[NH+](C)Cc1ccc2c(c1)OCO2. The van der Waals surface area contributed by atoms with E-state index >= 15 is 0 Å². The number of quaternary nitrogens is 1. The first-order valence-corrected chi connectivity index (χ1v) is 8.31.